The molecule has 0 bridgehead atoms. The van der Waals surface area contributed by atoms with Gasteiger partial charge in [0.05, 0.1) is 18.4 Å². The van der Waals surface area contributed by atoms with Crippen molar-refractivity contribution in [2.45, 2.75) is 6.10 Å². The van der Waals surface area contributed by atoms with Gasteiger partial charge in [-0.25, -0.2) is 0 Å². The van der Waals surface area contributed by atoms with Crippen LogP contribution in [-0.2, 0) is 4.74 Å². The fourth-order valence-electron chi connectivity index (χ4n) is 2.14. The predicted octanol–water partition coefficient (Wildman–Crippen LogP) is 3.14. The van der Waals surface area contributed by atoms with Crippen molar-refractivity contribution in [1.29, 1.82) is 0 Å². The second-order valence-corrected chi connectivity index (χ2v) is 4.63. The van der Waals surface area contributed by atoms with Gasteiger partial charge in [-0.3, -0.25) is 4.79 Å². The van der Waals surface area contributed by atoms with Crippen molar-refractivity contribution in [2.75, 3.05) is 13.7 Å². The molecule has 0 fully saturated rings. The highest BCUT2D eigenvalue weighted by atomic mass is 16.5. The van der Waals surface area contributed by atoms with Crippen molar-refractivity contribution in [2.24, 2.45) is 0 Å². The average molecular weight is 285 g/mol. The fourth-order valence-corrected chi connectivity index (χ4v) is 2.14. The molecule has 0 radical (unpaired) electrons. The first-order valence-corrected chi connectivity index (χ1v) is 6.59. The number of ether oxygens (including phenoxy) is 1. The number of para-hydroxylation sites is 1. The summed E-state index contributed by atoms with van der Waals surface area (Å²) in [6.45, 7) is 0.320. The zero-order valence-electron chi connectivity index (χ0n) is 11.5. The standard InChI is InChI=1S/C16H15NO4/c1-19-15(9-17-16(18)12-6-7-20-10-12)14-8-11-4-2-3-5-13(11)21-14/h2-8,10,15H,9H2,1H3,(H,17,18)/t15-/m0/s1. The van der Waals surface area contributed by atoms with Crippen LogP contribution in [0.15, 0.2) is 57.8 Å². The molecular weight excluding hydrogens is 270 g/mol. The van der Waals surface area contributed by atoms with Crippen LogP contribution < -0.4 is 5.32 Å². The van der Waals surface area contributed by atoms with E-state index in [1.807, 2.05) is 30.3 Å². The minimum absolute atomic E-state index is 0.207. The number of hydrogen-bond acceptors (Lipinski definition) is 4. The predicted molar refractivity (Wildman–Crippen MR) is 77.0 cm³/mol. The highest BCUT2D eigenvalue weighted by Crippen LogP contribution is 2.25. The summed E-state index contributed by atoms with van der Waals surface area (Å²) in [7, 11) is 1.59. The molecule has 2 aromatic heterocycles. The van der Waals surface area contributed by atoms with Crippen LogP contribution in [0, 0.1) is 0 Å². The highest BCUT2D eigenvalue weighted by molar-refractivity contribution is 5.93. The highest BCUT2D eigenvalue weighted by Gasteiger charge is 2.17. The summed E-state index contributed by atoms with van der Waals surface area (Å²) in [5.74, 6) is 0.480. The maximum absolute atomic E-state index is 11.9. The van der Waals surface area contributed by atoms with E-state index in [-0.39, 0.29) is 12.0 Å². The molecule has 108 valence electrons. The molecule has 3 aromatic rings. The van der Waals surface area contributed by atoms with Gasteiger partial charge in [-0.1, -0.05) is 18.2 Å². The number of rotatable bonds is 5. The van der Waals surface area contributed by atoms with Crippen molar-refractivity contribution in [1.82, 2.24) is 5.32 Å². The monoisotopic (exact) mass is 285 g/mol. The van der Waals surface area contributed by atoms with E-state index in [0.29, 0.717) is 17.9 Å². The lowest BCUT2D eigenvalue weighted by Gasteiger charge is -2.13. The molecule has 1 amide bonds. The summed E-state index contributed by atoms with van der Waals surface area (Å²) in [6, 6.07) is 11.3. The number of furan rings is 2. The zero-order valence-corrected chi connectivity index (χ0v) is 11.5. The van der Waals surface area contributed by atoms with Gasteiger partial charge in [-0.15, -0.1) is 0 Å². The van der Waals surface area contributed by atoms with Gasteiger partial charge < -0.3 is 18.9 Å². The van der Waals surface area contributed by atoms with Crippen molar-refractivity contribution >= 4 is 16.9 Å². The average Bonchev–Trinajstić information content (AvgIpc) is 3.17. The van der Waals surface area contributed by atoms with Crippen LogP contribution in [0.25, 0.3) is 11.0 Å². The minimum Gasteiger partial charge on any atom is -0.472 e. The Bertz CT molecular complexity index is 697. The van der Waals surface area contributed by atoms with Crippen LogP contribution in [-0.4, -0.2) is 19.6 Å². The molecule has 3 rings (SSSR count). The zero-order chi connectivity index (χ0) is 14.7. The smallest absolute Gasteiger partial charge is 0.254 e. The number of fused-ring (bicyclic) bond motifs is 1. The first-order valence-electron chi connectivity index (χ1n) is 6.59. The van der Waals surface area contributed by atoms with Gasteiger partial charge in [0.15, 0.2) is 0 Å². The van der Waals surface area contributed by atoms with Gasteiger partial charge in [-0.05, 0) is 18.2 Å². The van der Waals surface area contributed by atoms with Gasteiger partial charge in [0.25, 0.3) is 5.91 Å². The van der Waals surface area contributed by atoms with Crippen LogP contribution in [0.3, 0.4) is 0 Å². The first kappa shape index (κ1) is 13.5. The second-order valence-electron chi connectivity index (χ2n) is 4.63. The molecule has 1 atom stereocenters. The third-order valence-electron chi connectivity index (χ3n) is 3.28. The van der Waals surface area contributed by atoms with Crippen LogP contribution in [0.2, 0.25) is 0 Å². The Hall–Kier alpha value is -2.53. The summed E-state index contributed by atoms with van der Waals surface area (Å²) in [4.78, 5) is 11.9. The second kappa shape index (κ2) is 5.85. The number of benzene rings is 1. The summed E-state index contributed by atoms with van der Waals surface area (Å²) in [6.07, 6.45) is 2.52. The normalized spacial score (nSPS) is 12.4. The molecule has 0 saturated heterocycles. The summed E-state index contributed by atoms with van der Waals surface area (Å²) >= 11 is 0. The Morgan fingerprint density at radius 3 is 2.90 bits per heavy atom. The number of methoxy groups -OCH3 is 1. The first-order chi connectivity index (χ1) is 10.3. The third kappa shape index (κ3) is 2.83. The Morgan fingerprint density at radius 1 is 1.33 bits per heavy atom. The Balaban J connectivity index is 1.71. The summed E-state index contributed by atoms with van der Waals surface area (Å²) in [5, 5.41) is 3.80. The van der Waals surface area contributed by atoms with E-state index in [1.165, 1.54) is 12.5 Å². The summed E-state index contributed by atoms with van der Waals surface area (Å²) in [5.41, 5.74) is 1.28. The Kier molecular flexibility index (Phi) is 3.75. The van der Waals surface area contributed by atoms with Crippen molar-refractivity contribution in [3.8, 4) is 0 Å². The molecule has 0 aliphatic rings. The molecule has 0 saturated carbocycles. The molecule has 21 heavy (non-hydrogen) atoms. The van der Waals surface area contributed by atoms with E-state index < -0.39 is 0 Å². The van der Waals surface area contributed by atoms with Crippen LogP contribution in [0.5, 0.6) is 0 Å². The SMILES string of the molecule is CO[C@@H](CNC(=O)c1ccoc1)c1cc2ccccc2o1. The number of nitrogens with one attached hydrogen (secondary N) is 1. The lowest BCUT2D eigenvalue weighted by atomic mass is 10.2. The molecule has 0 unspecified atom stereocenters. The van der Waals surface area contributed by atoms with Crippen LogP contribution in [0.4, 0.5) is 0 Å². The summed E-state index contributed by atoms with van der Waals surface area (Å²) < 4.78 is 16.0. The fraction of sp³-hybridized carbons (Fsp3) is 0.188. The Labute approximate surface area is 121 Å². The number of amides is 1. The van der Waals surface area contributed by atoms with E-state index in [0.717, 1.165) is 11.0 Å². The van der Waals surface area contributed by atoms with E-state index in [9.17, 15) is 4.79 Å². The molecule has 5 nitrogen and oxygen atoms in total. The lowest BCUT2D eigenvalue weighted by Crippen LogP contribution is -2.28. The maximum Gasteiger partial charge on any atom is 0.254 e. The van der Waals surface area contributed by atoms with Crippen molar-refractivity contribution in [3.05, 3.63) is 60.2 Å². The molecular formula is C16H15NO4. The molecule has 0 aliphatic heterocycles. The minimum atomic E-state index is -0.340. The van der Waals surface area contributed by atoms with Crippen molar-refractivity contribution in [3.63, 3.8) is 0 Å². The lowest BCUT2D eigenvalue weighted by molar-refractivity contribution is 0.0747. The van der Waals surface area contributed by atoms with E-state index in [1.54, 1.807) is 13.2 Å². The van der Waals surface area contributed by atoms with Crippen LogP contribution >= 0.6 is 0 Å². The maximum atomic E-state index is 11.9. The Morgan fingerprint density at radius 2 is 2.19 bits per heavy atom. The van der Waals surface area contributed by atoms with Gasteiger partial charge in [0.2, 0.25) is 0 Å². The number of carbonyl (C=O) groups is 1. The van der Waals surface area contributed by atoms with Gasteiger partial charge in [0, 0.05) is 12.5 Å². The van der Waals surface area contributed by atoms with Gasteiger partial charge in [0.1, 0.15) is 23.7 Å². The molecule has 1 aromatic carbocycles. The third-order valence-corrected chi connectivity index (χ3v) is 3.28. The largest absolute Gasteiger partial charge is 0.472 e. The molecule has 0 spiro atoms. The van der Waals surface area contributed by atoms with Crippen molar-refractivity contribution < 1.29 is 18.4 Å². The topological polar surface area (TPSA) is 64.6 Å². The van der Waals surface area contributed by atoms with E-state index >= 15 is 0 Å². The molecule has 5 heteroatoms. The van der Waals surface area contributed by atoms with E-state index in [2.05, 4.69) is 5.32 Å². The van der Waals surface area contributed by atoms with Crippen LogP contribution in [0.1, 0.15) is 22.2 Å². The molecule has 2 heterocycles. The molecule has 1 N–H and O–H groups in total. The number of hydrogen-bond donors (Lipinski definition) is 1. The van der Waals surface area contributed by atoms with E-state index in [4.69, 9.17) is 13.6 Å². The van der Waals surface area contributed by atoms with Gasteiger partial charge >= 0.3 is 0 Å². The number of carbonyl (C=O) groups excluding carboxylic acids is 1. The molecule has 0 aliphatic carbocycles. The van der Waals surface area contributed by atoms with Gasteiger partial charge in [-0.2, -0.15) is 0 Å². The quantitative estimate of drug-likeness (QED) is 0.782.